The Morgan fingerprint density at radius 1 is 1.55 bits per heavy atom. The van der Waals surface area contributed by atoms with E-state index in [0.29, 0.717) is 54.0 Å². The van der Waals surface area contributed by atoms with Gasteiger partial charge in [-0.2, -0.15) is 0 Å². The first-order chi connectivity index (χ1) is 10.6. The van der Waals surface area contributed by atoms with Crippen LogP contribution in [0.4, 0.5) is 0 Å². The summed E-state index contributed by atoms with van der Waals surface area (Å²) in [6.45, 7) is 2.91. The Bertz CT molecular complexity index is 793. The van der Waals surface area contributed by atoms with Crippen molar-refractivity contribution in [3.8, 4) is 0 Å². The molecule has 118 valence electrons. The molecule has 0 aromatic carbocycles. The summed E-state index contributed by atoms with van der Waals surface area (Å²) in [5.74, 6) is -0.730. The molecule has 0 fully saturated rings. The second kappa shape index (κ2) is 5.81. The van der Waals surface area contributed by atoms with Gasteiger partial charge in [-0.15, -0.1) is 11.3 Å². The van der Waals surface area contributed by atoms with Crippen molar-refractivity contribution in [1.29, 1.82) is 0 Å². The molecule has 6 nitrogen and oxygen atoms in total. The average molecular weight is 322 g/mol. The molecule has 1 aliphatic rings. The molecule has 2 aromatic heterocycles. The van der Waals surface area contributed by atoms with Gasteiger partial charge in [-0.3, -0.25) is 14.2 Å². The third-order valence-electron chi connectivity index (χ3n) is 4.16. The standard InChI is InChI=1S/C15H18N2O4S/c1-3-17-10(6-7-21-2)16-13-12(14(17)18)11-8(15(19)20)4-5-9(11)22-13/h8H,3-7H2,1-2H3,(H,19,20). The number of aromatic nitrogens is 2. The molecule has 1 unspecified atom stereocenters. The van der Waals surface area contributed by atoms with Crippen molar-refractivity contribution in [1.82, 2.24) is 9.55 Å². The lowest BCUT2D eigenvalue weighted by molar-refractivity contribution is -0.138. The number of methoxy groups -OCH3 is 1. The molecule has 7 heteroatoms. The summed E-state index contributed by atoms with van der Waals surface area (Å²) in [6, 6.07) is 0. The van der Waals surface area contributed by atoms with Gasteiger partial charge in [0.1, 0.15) is 10.7 Å². The molecule has 0 saturated carbocycles. The van der Waals surface area contributed by atoms with Gasteiger partial charge in [0.05, 0.1) is 17.9 Å². The van der Waals surface area contributed by atoms with E-state index in [9.17, 15) is 14.7 Å². The Labute approximate surface area is 131 Å². The van der Waals surface area contributed by atoms with Gasteiger partial charge in [0.2, 0.25) is 0 Å². The number of hydrogen-bond acceptors (Lipinski definition) is 5. The maximum Gasteiger partial charge on any atom is 0.311 e. The van der Waals surface area contributed by atoms with Crippen LogP contribution >= 0.6 is 11.3 Å². The summed E-state index contributed by atoms with van der Waals surface area (Å²) in [6.07, 6.45) is 1.86. The smallest absolute Gasteiger partial charge is 0.311 e. The van der Waals surface area contributed by atoms with Crippen LogP contribution in [-0.4, -0.2) is 34.3 Å². The number of fused-ring (bicyclic) bond motifs is 3. The summed E-state index contributed by atoms with van der Waals surface area (Å²) in [4.78, 5) is 30.5. The van der Waals surface area contributed by atoms with Crippen molar-refractivity contribution in [3.63, 3.8) is 0 Å². The molecule has 2 aromatic rings. The van der Waals surface area contributed by atoms with Crippen LogP contribution in [0, 0.1) is 0 Å². The maximum absolute atomic E-state index is 12.8. The Morgan fingerprint density at radius 2 is 2.32 bits per heavy atom. The number of aliphatic carboxylic acids is 1. The largest absolute Gasteiger partial charge is 0.481 e. The minimum Gasteiger partial charge on any atom is -0.481 e. The van der Waals surface area contributed by atoms with Gasteiger partial charge in [-0.25, -0.2) is 4.98 Å². The number of carbonyl (C=O) groups is 1. The van der Waals surface area contributed by atoms with E-state index in [1.54, 1.807) is 11.7 Å². The van der Waals surface area contributed by atoms with Crippen LogP contribution < -0.4 is 5.56 Å². The molecule has 0 aliphatic heterocycles. The van der Waals surface area contributed by atoms with Gasteiger partial charge < -0.3 is 9.84 Å². The van der Waals surface area contributed by atoms with Gasteiger partial charge in [-0.1, -0.05) is 0 Å². The quantitative estimate of drug-likeness (QED) is 0.907. The highest BCUT2D eigenvalue weighted by Crippen LogP contribution is 2.42. The van der Waals surface area contributed by atoms with Crippen LogP contribution in [0.1, 0.15) is 35.5 Å². The Hall–Kier alpha value is -1.73. The zero-order valence-corrected chi connectivity index (χ0v) is 13.4. The number of carboxylic acids is 1. The zero-order valence-electron chi connectivity index (χ0n) is 12.6. The van der Waals surface area contributed by atoms with Crippen molar-refractivity contribution in [2.24, 2.45) is 0 Å². The van der Waals surface area contributed by atoms with Crippen LogP contribution in [0.25, 0.3) is 10.2 Å². The zero-order chi connectivity index (χ0) is 15.9. The number of rotatable bonds is 5. The third kappa shape index (κ3) is 2.24. The van der Waals surface area contributed by atoms with Crippen LogP contribution in [-0.2, 0) is 28.9 Å². The van der Waals surface area contributed by atoms with Gasteiger partial charge in [0.25, 0.3) is 5.56 Å². The molecule has 0 amide bonds. The Kier molecular flexibility index (Phi) is 4.01. The fourth-order valence-electron chi connectivity index (χ4n) is 3.12. The van der Waals surface area contributed by atoms with E-state index in [1.807, 2.05) is 6.92 Å². The van der Waals surface area contributed by atoms with Crippen molar-refractivity contribution >= 4 is 27.5 Å². The highest BCUT2D eigenvalue weighted by atomic mass is 32.1. The fourth-order valence-corrected chi connectivity index (χ4v) is 4.38. The number of hydrogen-bond donors (Lipinski definition) is 1. The first-order valence-corrected chi connectivity index (χ1v) is 8.16. The predicted molar refractivity (Wildman–Crippen MR) is 83.8 cm³/mol. The van der Waals surface area contributed by atoms with Crippen molar-refractivity contribution in [2.75, 3.05) is 13.7 Å². The van der Waals surface area contributed by atoms with E-state index in [4.69, 9.17) is 4.74 Å². The lowest BCUT2D eigenvalue weighted by Crippen LogP contribution is -2.26. The first kappa shape index (κ1) is 15.2. The van der Waals surface area contributed by atoms with Gasteiger partial charge in [-0.05, 0) is 25.3 Å². The van der Waals surface area contributed by atoms with Gasteiger partial charge in [0, 0.05) is 25.0 Å². The lowest BCUT2D eigenvalue weighted by Gasteiger charge is -2.11. The van der Waals surface area contributed by atoms with E-state index in [0.717, 1.165) is 4.88 Å². The molecule has 1 atom stereocenters. The van der Waals surface area contributed by atoms with E-state index in [1.165, 1.54) is 11.3 Å². The Balaban J connectivity index is 2.23. The number of carboxylic acid groups (broad SMARTS) is 1. The van der Waals surface area contributed by atoms with Crippen molar-refractivity contribution in [2.45, 2.75) is 38.6 Å². The number of aryl methyl sites for hydroxylation is 1. The molecule has 1 aliphatic carbocycles. The minimum absolute atomic E-state index is 0.121. The van der Waals surface area contributed by atoms with E-state index < -0.39 is 11.9 Å². The monoisotopic (exact) mass is 322 g/mol. The summed E-state index contributed by atoms with van der Waals surface area (Å²) in [7, 11) is 1.62. The number of nitrogens with zero attached hydrogens (tertiary/aromatic N) is 2. The van der Waals surface area contributed by atoms with E-state index in [2.05, 4.69) is 4.98 Å². The SMILES string of the molecule is CCn1c(CCOC)nc2sc3c(c2c1=O)C(C(=O)O)CC3. The topological polar surface area (TPSA) is 81.4 Å². The van der Waals surface area contributed by atoms with Gasteiger partial charge in [0.15, 0.2) is 0 Å². The molecule has 22 heavy (non-hydrogen) atoms. The van der Waals surface area contributed by atoms with Crippen molar-refractivity contribution in [3.05, 3.63) is 26.6 Å². The third-order valence-corrected chi connectivity index (χ3v) is 5.32. The lowest BCUT2D eigenvalue weighted by atomic mass is 10.0. The second-order valence-electron chi connectivity index (χ2n) is 5.37. The van der Waals surface area contributed by atoms with Crippen LogP contribution in [0.5, 0.6) is 0 Å². The summed E-state index contributed by atoms with van der Waals surface area (Å²) >= 11 is 1.46. The summed E-state index contributed by atoms with van der Waals surface area (Å²) < 4.78 is 6.71. The van der Waals surface area contributed by atoms with Crippen LogP contribution in [0.15, 0.2) is 4.79 Å². The molecular weight excluding hydrogens is 304 g/mol. The highest BCUT2D eigenvalue weighted by molar-refractivity contribution is 7.18. The normalized spacial score (nSPS) is 17.1. The van der Waals surface area contributed by atoms with Crippen LogP contribution in [0.2, 0.25) is 0 Å². The fraction of sp³-hybridized carbons (Fsp3) is 0.533. The highest BCUT2D eigenvalue weighted by Gasteiger charge is 2.34. The average Bonchev–Trinajstić information content (AvgIpc) is 3.03. The molecule has 2 heterocycles. The second-order valence-corrected chi connectivity index (χ2v) is 6.45. The molecule has 0 spiro atoms. The molecule has 0 saturated heterocycles. The molecular formula is C15H18N2O4S. The van der Waals surface area contributed by atoms with E-state index in [-0.39, 0.29) is 5.56 Å². The van der Waals surface area contributed by atoms with Crippen molar-refractivity contribution < 1.29 is 14.6 Å². The number of ether oxygens (including phenoxy) is 1. The molecule has 3 rings (SSSR count). The maximum atomic E-state index is 12.8. The minimum atomic E-state index is -0.857. The number of thiophene rings is 1. The Morgan fingerprint density at radius 3 is 2.95 bits per heavy atom. The van der Waals surface area contributed by atoms with E-state index >= 15 is 0 Å². The van der Waals surface area contributed by atoms with Crippen LogP contribution in [0.3, 0.4) is 0 Å². The summed E-state index contributed by atoms with van der Waals surface area (Å²) in [5.41, 5.74) is 0.578. The molecule has 0 bridgehead atoms. The molecule has 1 N–H and O–H groups in total. The summed E-state index contributed by atoms with van der Waals surface area (Å²) in [5, 5.41) is 9.89. The molecule has 0 radical (unpaired) electrons. The first-order valence-electron chi connectivity index (χ1n) is 7.35. The van der Waals surface area contributed by atoms with Gasteiger partial charge >= 0.3 is 5.97 Å². The predicted octanol–water partition coefficient (Wildman–Crippen LogP) is 1.78.